The van der Waals surface area contributed by atoms with E-state index in [2.05, 4.69) is 10.1 Å². The van der Waals surface area contributed by atoms with Crippen LogP contribution in [-0.4, -0.2) is 44.0 Å². The van der Waals surface area contributed by atoms with Crippen LogP contribution < -0.4 is 5.32 Å². The zero-order valence-corrected chi connectivity index (χ0v) is 14.3. The van der Waals surface area contributed by atoms with Gasteiger partial charge in [0.2, 0.25) is 5.82 Å². The Kier molecular flexibility index (Phi) is 5.82. The fourth-order valence-corrected chi connectivity index (χ4v) is 2.25. The highest BCUT2D eigenvalue weighted by Gasteiger charge is 2.37. The quantitative estimate of drug-likeness (QED) is 0.742. The fourth-order valence-electron chi connectivity index (χ4n) is 2.25. The molecule has 0 fully saturated rings. The number of para-hydroxylation sites is 1. The second kappa shape index (κ2) is 7.72. The number of aromatic nitrogens is 3. The summed E-state index contributed by atoms with van der Waals surface area (Å²) in [5.41, 5.74) is -0.00201. The Morgan fingerprint density at radius 1 is 1.26 bits per heavy atom. The van der Waals surface area contributed by atoms with E-state index in [9.17, 15) is 27.2 Å². The number of carbonyl (C=O) groups excluding carboxylic acids is 1. The summed E-state index contributed by atoms with van der Waals surface area (Å²) in [6.07, 6.45) is -6.54. The molecular formula is C16H16F4N4O3. The van der Waals surface area contributed by atoms with Crippen LogP contribution in [0.15, 0.2) is 24.3 Å². The number of nitrogens with one attached hydrogen (secondary N) is 1. The third-order valence-electron chi connectivity index (χ3n) is 3.47. The molecule has 0 spiro atoms. The van der Waals surface area contributed by atoms with Crippen molar-refractivity contribution in [3.8, 4) is 5.69 Å². The minimum absolute atomic E-state index is 0.00201. The van der Waals surface area contributed by atoms with Gasteiger partial charge in [-0.2, -0.15) is 13.2 Å². The van der Waals surface area contributed by atoms with E-state index in [1.807, 2.05) is 0 Å². The molecule has 1 atom stereocenters. The molecule has 2 aromatic rings. The lowest BCUT2D eigenvalue weighted by Crippen LogP contribution is -2.44. The van der Waals surface area contributed by atoms with Crippen LogP contribution in [0, 0.1) is 5.82 Å². The summed E-state index contributed by atoms with van der Waals surface area (Å²) in [5.74, 6) is -4.37. The largest absolute Gasteiger partial charge is 0.480 e. The zero-order valence-electron chi connectivity index (χ0n) is 14.3. The maximum Gasteiger partial charge on any atom is 0.391 e. The summed E-state index contributed by atoms with van der Waals surface area (Å²) in [4.78, 5) is 27.1. The molecule has 0 aliphatic rings. The van der Waals surface area contributed by atoms with Crippen molar-refractivity contribution in [3.63, 3.8) is 0 Å². The molecule has 1 amide bonds. The number of hydrogen-bond acceptors (Lipinski definition) is 4. The van der Waals surface area contributed by atoms with Crippen LogP contribution in [0.25, 0.3) is 5.69 Å². The van der Waals surface area contributed by atoms with Gasteiger partial charge in [0.1, 0.15) is 23.4 Å². The molecule has 2 N–H and O–H groups in total. The molecule has 1 aromatic heterocycles. The number of alkyl halides is 3. The lowest BCUT2D eigenvalue weighted by Gasteiger charge is -2.15. The molecular weight excluding hydrogens is 372 g/mol. The number of benzene rings is 1. The zero-order chi connectivity index (χ0) is 20.4. The van der Waals surface area contributed by atoms with Crippen molar-refractivity contribution < 1.29 is 32.3 Å². The van der Waals surface area contributed by atoms with Crippen molar-refractivity contribution >= 4 is 11.9 Å². The number of carboxylic acid groups (broad SMARTS) is 1. The first-order chi connectivity index (χ1) is 12.5. The van der Waals surface area contributed by atoms with Gasteiger partial charge in [0.05, 0.1) is 6.42 Å². The number of rotatable bonds is 6. The van der Waals surface area contributed by atoms with Crippen LogP contribution in [0.2, 0.25) is 0 Å². The number of amides is 1. The third-order valence-corrected chi connectivity index (χ3v) is 3.47. The number of nitrogens with zero attached hydrogens (tertiary/aromatic N) is 3. The average molecular weight is 388 g/mol. The molecule has 1 heterocycles. The summed E-state index contributed by atoms with van der Waals surface area (Å²) >= 11 is 0. The SMILES string of the molecule is CC(C)c1nc(C(=O)NC(CC(F)(F)F)C(=O)O)nn1-c1ccccc1F. The van der Waals surface area contributed by atoms with E-state index in [1.165, 1.54) is 24.3 Å². The van der Waals surface area contributed by atoms with Gasteiger partial charge in [-0.05, 0) is 12.1 Å². The van der Waals surface area contributed by atoms with Crippen molar-refractivity contribution in [1.82, 2.24) is 20.1 Å². The van der Waals surface area contributed by atoms with Crippen LogP contribution in [0.3, 0.4) is 0 Å². The Morgan fingerprint density at radius 2 is 1.89 bits per heavy atom. The minimum Gasteiger partial charge on any atom is -0.480 e. The Hall–Kier alpha value is -2.98. The molecule has 146 valence electrons. The van der Waals surface area contributed by atoms with Gasteiger partial charge in [0, 0.05) is 5.92 Å². The first kappa shape index (κ1) is 20.3. The molecule has 0 saturated heterocycles. The first-order valence-corrected chi connectivity index (χ1v) is 7.82. The predicted octanol–water partition coefficient (Wildman–Crippen LogP) is 2.67. The van der Waals surface area contributed by atoms with E-state index >= 15 is 0 Å². The van der Waals surface area contributed by atoms with Gasteiger partial charge < -0.3 is 10.4 Å². The van der Waals surface area contributed by atoms with Crippen molar-refractivity contribution in [2.75, 3.05) is 0 Å². The van der Waals surface area contributed by atoms with E-state index < -0.39 is 42.2 Å². The van der Waals surface area contributed by atoms with Crippen molar-refractivity contribution in [2.45, 2.75) is 38.4 Å². The summed E-state index contributed by atoms with van der Waals surface area (Å²) in [6.45, 7) is 3.40. The minimum atomic E-state index is -4.79. The van der Waals surface area contributed by atoms with Crippen LogP contribution in [0.5, 0.6) is 0 Å². The van der Waals surface area contributed by atoms with Gasteiger partial charge in [0.25, 0.3) is 5.91 Å². The number of carbonyl (C=O) groups is 2. The molecule has 0 aliphatic heterocycles. The van der Waals surface area contributed by atoms with Crippen LogP contribution >= 0.6 is 0 Å². The lowest BCUT2D eigenvalue weighted by molar-refractivity contribution is -0.157. The Morgan fingerprint density at radius 3 is 2.41 bits per heavy atom. The van der Waals surface area contributed by atoms with Crippen LogP contribution in [-0.2, 0) is 4.79 Å². The predicted molar refractivity (Wildman–Crippen MR) is 85.0 cm³/mol. The number of halogens is 4. The summed E-state index contributed by atoms with van der Waals surface area (Å²) in [7, 11) is 0. The fraction of sp³-hybridized carbons (Fsp3) is 0.375. The standard InChI is InChI=1S/C16H16F4N4O3/c1-8(2)13-22-12(23-24(13)11-6-4-3-5-9(11)17)14(25)21-10(15(26)27)7-16(18,19)20/h3-6,8,10H,7H2,1-2H3,(H,21,25)(H,26,27). The van der Waals surface area contributed by atoms with E-state index in [4.69, 9.17) is 5.11 Å². The third kappa shape index (κ3) is 5.02. The summed E-state index contributed by atoms with van der Waals surface area (Å²) in [6, 6.07) is 3.35. The Balaban J connectivity index is 2.36. The maximum atomic E-state index is 14.0. The lowest BCUT2D eigenvalue weighted by atomic mass is 10.2. The van der Waals surface area contributed by atoms with E-state index in [0.717, 1.165) is 4.68 Å². The molecule has 1 unspecified atom stereocenters. The summed E-state index contributed by atoms with van der Waals surface area (Å²) < 4.78 is 52.5. The van der Waals surface area contributed by atoms with E-state index in [1.54, 1.807) is 19.2 Å². The molecule has 27 heavy (non-hydrogen) atoms. The van der Waals surface area contributed by atoms with E-state index in [-0.39, 0.29) is 17.4 Å². The molecule has 7 nitrogen and oxygen atoms in total. The van der Waals surface area contributed by atoms with Crippen molar-refractivity contribution in [3.05, 3.63) is 41.7 Å². The highest BCUT2D eigenvalue weighted by Crippen LogP contribution is 2.22. The van der Waals surface area contributed by atoms with Gasteiger partial charge in [-0.3, -0.25) is 4.79 Å². The first-order valence-electron chi connectivity index (χ1n) is 7.82. The normalized spacial score (nSPS) is 12.9. The van der Waals surface area contributed by atoms with Crippen molar-refractivity contribution in [2.24, 2.45) is 0 Å². The van der Waals surface area contributed by atoms with Crippen molar-refractivity contribution in [1.29, 1.82) is 0 Å². The van der Waals surface area contributed by atoms with Gasteiger partial charge in [0.15, 0.2) is 0 Å². The molecule has 0 bridgehead atoms. The van der Waals surface area contributed by atoms with E-state index in [0.29, 0.717) is 0 Å². The second-order valence-electron chi connectivity index (χ2n) is 6.00. The molecule has 0 aliphatic carbocycles. The maximum absolute atomic E-state index is 14.0. The molecule has 0 radical (unpaired) electrons. The molecule has 1 aromatic carbocycles. The van der Waals surface area contributed by atoms with Gasteiger partial charge in [-0.15, -0.1) is 5.10 Å². The van der Waals surface area contributed by atoms with Gasteiger partial charge >= 0.3 is 12.1 Å². The molecule has 11 heteroatoms. The monoisotopic (exact) mass is 388 g/mol. The van der Waals surface area contributed by atoms with Crippen LogP contribution in [0.1, 0.15) is 42.6 Å². The summed E-state index contributed by atoms with van der Waals surface area (Å²) in [5, 5.41) is 14.5. The Labute approximate surface area is 151 Å². The second-order valence-corrected chi connectivity index (χ2v) is 6.00. The highest BCUT2D eigenvalue weighted by atomic mass is 19.4. The highest BCUT2D eigenvalue weighted by molar-refractivity contribution is 5.93. The van der Waals surface area contributed by atoms with Crippen LogP contribution in [0.4, 0.5) is 17.6 Å². The topological polar surface area (TPSA) is 97.1 Å². The number of carboxylic acids is 1. The van der Waals surface area contributed by atoms with Gasteiger partial charge in [-0.25, -0.2) is 18.9 Å². The smallest absolute Gasteiger partial charge is 0.391 e. The molecule has 2 rings (SSSR count). The van der Waals surface area contributed by atoms with Gasteiger partial charge in [-0.1, -0.05) is 26.0 Å². The Bertz CT molecular complexity index is 848. The number of aliphatic carboxylic acids is 1. The number of hydrogen-bond donors (Lipinski definition) is 2. The average Bonchev–Trinajstić information content (AvgIpc) is 2.98. The molecule has 0 saturated carbocycles.